The van der Waals surface area contributed by atoms with Gasteiger partial charge in [0, 0.05) is 48.1 Å². The largest absolute Gasteiger partial charge is 0.396 e. The number of aromatic nitrogens is 1. The third-order valence-corrected chi connectivity index (χ3v) is 14.1. The van der Waals surface area contributed by atoms with Crippen molar-refractivity contribution >= 4 is 88.0 Å². The van der Waals surface area contributed by atoms with Gasteiger partial charge in [0.1, 0.15) is 0 Å². The van der Waals surface area contributed by atoms with Crippen molar-refractivity contribution in [1.82, 2.24) is 4.57 Å². The number of thiophene rings is 1. The van der Waals surface area contributed by atoms with E-state index in [1.165, 1.54) is 82.1 Å². The number of nitrogen functional groups attached to an aromatic ring is 1. The number of nitrogens with zero attached hydrogens (tertiary/aromatic N) is 2. The minimum absolute atomic E-state index is 0.0964. The van der Waals surface area contributed by atoms with E-state index >= 15 is 0 Å². The van der Waals surface area contributed by atoms with E-state index in [1.54, 1.807) is 0 Å². The molecule has 0 amide bonds. The van der Waals surface area contributed by atoms with Crippen LogP contribution in [-0.4, -0.2) is 10.3 Å². The fourth-order valence-corrected chi connectivity index (χ4v) is 11.6. The lowest BCUT2D eigenvalue weighted by molar-refractivity contribution is 0.527. The molecule has 4 aliphatic carbocycles. The maximum Gasteiger partial charge on any atom is 0.0870 e. The Balaban J connectivity index is 1.20. The highest BCUT2D eigenvalue weighted by molar-refractivity contribution is 7.26. The lowest BCUT2D eigenvalue weighted by Gasteiger charge is -2.34. The zero-order valence-corrected chi connectivity index (χ0v) is 31.5. The fourth-order valence-electron chi connectivity index (χ4n) is 10.5. The lowest BCUT2D eigenvalue weighted by Crippen LogP contribution is -2.23. The van der Waals surface area contributed by atoms with Crippen molar-refractivity contribution in [3.63, 3.8) is 0 Å². The number of aliphatic imine (C=N–C) groups is 1. The highest BCUT2D eigenvalue weighted by Gasteiger charge is 2.41. The summed E-state index contributed by atoms with van der Waals surface area (Å²) in [6.45, 7) is 2.36. The van der Waals surface area contributed by atoms with Crippen LogP contribution < -0.4 is 5.73 Å². The predicted octanol–water partition coefficient (Wildman–Crippen LogP) is 13.7. The minimum atomic E-state index is -0.0964. The Bertz CT molecular complexity index is 3090. The molecule has 4 heteroatoms. The molecule has 0 aliphatic heterocycles. The van der Waals surface area contributed by atoms with E-state index in [4.69, 9.17) is 10.7 Å². The lowest BCUT2D eigenvalue weighted by atomic mass is 9.70. The van der Waals surface area contributed by atoms with Crippen LogP contribution in [0, 0.1) is 5.92 Å². The first-order valence-electron chi connectivity index (χ1n) is 19.8. The number of nitrogens with two attached hydrogens (primary N) is 1. The second-order valence-electron chi connectivity index (χ2n) is 15.8. The van der Waals surface area contributed by atoms with Crippen LogP contribution in [0.1, 0.15) is 71.7 Å². The molecule has 264 valence electrons. The molecule has 6 aromatic carbocycles. The van der Waals surface area contributed by atoms with E-state index in [-0.39, 0.29) is 6.04 Å². The topological polar surface area (TPSA) is 43.3 Å². The van der Waals surface area contributed by atoms with Gasteiger partial charge in [-0.15, -0.1) is 11.3 Å². The van der Waals surface area contributed by atoms with Crippen LogP contribution in [0.25, 0.3) is 70.7 Å². The molecule has 0 spiro atoms. The van der Waals surface area contributed by atoms with Gasteiger partial charge >= 0.3 is 0 Å². The van der Waals surface area contributed by atoms with Crippen molar-refractivity contribution in [1.29, 1.82) is 0 Å². The monoisotopic (exact) mass is 725 g/mol. The molecule has 4 aliphatic rings. The van der Waals surface area contributed by atoms with Crippen molar-refractivity contribution in [3.8, 4) is 11.1 Å². The molecule has 2 heterocycles. The van der Waals surface area contributed by atoms with Crippen LogP contribution in [0.15, 0.2) is 132 Å². The van der Waals surface area contributed by atoms with Crippen LogP contribution in [0.5, 0.6) is 0 Å². The van der Waals surface area contributed by atoms with Crippen LogP contribution in [0.3, 0.4) is 0 Å². The third-order valence-electron chi connectivity index (χ3n) is 12.9. The average Bonchev–Trinajstić information content (AvgIpc) is 3.73. The molecule has 2 unspecified atom stereocenters. The van der Waals surface area contributed by atoms with Crippen molar-refractivity contribution in [2.45, 2.75) is 44.6 Å². The third kappa shape index (κ3) is 4.46. The van der Waals surface area contributed by atoms with Gasteiger partial charge in [-0.2, -0.15) is 0 Å². The van der Waals surface area contributed by atoms with E-state index in [2.05, 4.69) is 151 Å². The summed E-state index contributed by atoms with van der Waals surface area (Å²) >= 11 is 1.92. The average molecular weight is 726 g/mol. The van der Waals surface area contributed by atoms with Gasteiger partial charge < -0.3 is 10.3 Å². The molecule has 0 saturated heterocycles. The molecular formula is C51H39N3S. The molecule has 55 heavy (non-hydrogen) atoms. The number of benzene rings is 6. The molecule has 2 aromatic heterocycles. The van der Waals surface area contributed by atoms with E-state index in [9.17, 15) is 0 Å². The van der Waals surface area contributed by atoms with Crippen molar-refractivity contribution in [2.75, 3.05) is 5.73 Å². The van der Waals surface area contributed by atoms with Crippen molar-refractivity contribution < 1.29 is 0 Å². The summed E-state index contributed by atoms with van der Waals surface area (Å²) in [4.78, 5) is 5.62. The zero-order valence-electron chi connectivity index (χ0n) is 30.7. The van der Waals surface area contributed by atoms with E-state index in [0.29, 0.717) is 11.8 Å². The van der Waals surface area contributed by atoms with Gasteiger partial charge in [-0.05, 0) is 113 Å². The molecule has 2 N–H and O–H groups in total. The molecule has 3 atom stereocenters. The summed E-state index contributed by atoms with van der Waals surface area (Å²) in [6, 6.07) is 40.2. The first-order chi connectivity index (χ1) is 27.1. The molecule has 0 bridgehead atoms. The zero-order chi connectivity index (χ0) is 36.4. The Labute approximate surface area is 324 Å². The number of anilines is 1. The van der Waals surface area contributed by atoms with Gasteiger partial charge in [0.25, 0.3) is 0 Å². The number of aryl methyl sites for hydroxylation is 1. The van der Waals surface area contributed by atoms with Gasteiger partial charge in [-0.3, -0.25) is 0 Å². The number of hydrogen-bond acceptors (Lipinski definition) is 3. The highest BCUT2D eigenvalue weighted by atomic mass is 32.1. The summed E-state index contributed by atoms with van der Waals surface area (Å²) in [5.41, 5.74) is 23.1. The molecule has 8 aromatic rings. The van der Waals surface area contributed by atoms with Crippen molar-refractivity contribution in [2.24, 2.45) is 10.9 Å². The van der Waals surface area contributed by atoms with Crippen LogP contribution in [0.4, 0.5) is 11.4 Å². The van der Waals surface area contributed by atoms with E-state index < -0.39 is 0 Å². The molecule has 12 rings (SSSR count). The summed E-state index contributed by atoms with van der Waals surface area (Å²) in [7, 11) is 0. The van der Waals surface area contributed by atoms with E-state index in [1.807, 2.05) is 11.3 Å². The van der Waals surface area contributed by atoms with Crippen LogP contribution in [-0.2, 0) is 6.42 Å². The fraction of sp³-hybridized carbons (Fsp3) is 0.157. The number of fused-ring (bicyclic) bond motifs is 9. The van der Waals surface area contributed by atoms with Crippen molar-refractivity contribution in [3.05, 3.63) is 161 Å². The summed E-state index contributed by atoms with van der Waals surface area (Å²) < 4.78 is 5.31. The van der Waals surface area contributed by atoms with Crippen LogP contribution >= 0.6 is 11.3 Å². The Kier molecular flexibility index (Phi) is 6.71. The second kappa shape index (κ2) is 11.8. The van der Waals surface area contributed by atoms with Gasteiger partial charge in [0.15, 0.2) is 0 Å². The van der Waals surface area contributed by atoms with Crippen LogP contribution in [0.2, 0.25) is 0 Å². The maximum atomic E-state index is 7.00. The molecule has 0 saturated carbocycles. The predicted molar refractivity (Wildman–Crippen MR) is 236 cm³/mol. The van der Waals surface area contributed by atoms with Gasteiger partial charge in [0.2, 0.25) is 0 Å². The first-order valence-corrected chi connectivity index (χ1v) is 20.6. The summed E-state index contributed by atoms with van der Waals surface area (Å²) in [6.07, 6.45) is 16.5. The normalized spacial score (nSPS) is 18.8. The maximum absolute atomic E-state index is 7.00. The molecule has 0 fully saturated rings. The molecular weight excluding hydrogens is 687 g/mol. The van der Waals surface area contributed by atoms with Gasteiger partial charge in [0.05, 0.1) is 28.6 Å². The number of allylic oxidation sites excluding steroid dienone is 4. The second-order valence-corrected chi connectivity index (χ2v) is 16.9. The Hall–Kier alpha value is -5.97. The standard InChI is InChI=1S/C51H39N3S/c1-29(51(34-22-21-30-11-2-3-13-33(30)27-34)53-40-25-23-31-12-4-5-15-35(31)50(40)52)54-41-26-24-32-14-10-19-37-36-16-6-7-17-38(36)47-46-39-18-8-9-20-43(39)55-44(46)28-42(54)49(47)48(41)45(32)37/h2,4-9,11-12,15-29,32,45H,3,10,13-14,52H2,1H3/t29-,32?,45?/m1/s1. The van der Waals surface area contributed by atoms with Gasteiger partial charge in [-0.1, -0.05) is 109 Å². The summed E-state index contributed by atoms with van der Waals surface area (Å²) in [5.74, 6) is 0.775. The van der Waals surface area contributed by atoms with E-state index in [0.717, 1.165) is 52.7 Å². The Morgan fingerprint density at radius 3 is 2.58 bits per heavy atom. The number of rotatable bonds is 4. The molecule has 3 nitrogen and oxygen atoms in total. The quantitative estimate of drug-likeness (QED) is 0.142. The smallest absolute Gasteiger partial charge is 0.0870 e. The first kappa shape index (κ1) is 31.4. The number of hydrogen-bond donors (Lipinski definition) is 1. The molecule has 0 radical (unpaired) electrons. The summed E-state index contributed by atoms with van der Waals surface area (Å²) in [5, 5.41) is 6.32. The Morgan fingerprint density at radius 1 is 0.818 bits per heavy atom. The SMILES string of the molecule is C[C@H](C(=Nc1ccc2ccccc2c1N)c1ccc2c(c1)CCC=C2)n1c2c3c4c(c5c(cc41)sc1ccccc15)-c1ccccc1C1=CCCC(C=C2)C13. The minimum Gasteiger partial charge on any atom is -0.396 e. The van der Waals surface area contributed by atoms with Gasteiger partial charge in [-0.25, -0.2) is 4.99 Å². The highest BCUT2D eigenvalue weighted by Crippen LogP contribution is 2.59. The Morgan fingerprint density at radius 2 is 1.65 bits per heavy atom.